The Hall–Kier alpha value is -2.16. The number of aromatic nitrogens is 1. The first-order chi connectivity index (χ1) is 14.1. The lowest BCUT2D eigenvalue weighted by Gasteiger charge is -2.32. The number of rotatable bonds is 5. The summed E-state index contributed by atoms with van der Waals surface area (Å²) in [4.78, 5) is 19.1. The number of hydrogen-bond donors (Lipinski definition) is 0. The van der Waals surface area contributed by atoms with Crippen LogP contribution in [0.15, 0.2) is 36.7 Å². The zero-order valence-electron chi connectivity index (χ0n) is 17.1. The van der Waals surface area contributed by atoms with Crippen LogP contribution in [0.4, 0.5) is 5.69 Å². The number of carbonyl (C=O) groups is 1. The molecule has 30 heavy (non-hydrogen) atoms. The summed E-state index contributed by atoms with van der Waals surface area (Å²) in [6, 6.07) is 7.06. The predicted molar refractivity (Wildman–Crippen MR) is 116 cm³/mol. The van der Waals surface area contributed by atoms with Crippen LogP contribution in [0.3, 0.4) is 0 Å². The Kier molecular flexibility index (Phi) is 5.28. The zero-order chi connectivity index (χ0) is 21.7. The summed E-state index contributed by atoms with van der Waals surface area (Å²) in [5, 5.41) is 0.583. The van der Waals surface area contributed by atoms with Crippen molar-refractivity contribution >= 4 is 33.2 Å². The lowest BCUT2D eigenvalue weighted by Crippen LogP contribution is -2.39. The van der Waals surface area contributed by atoms with Crippen molar-refractivity contribution in [2.45, 2.75) is 38.8 Å². The molecule has 1 atom stereocenters. The molecule has 0 radical (unpaired) electrons. The molecule has 3 heterocycles. The Bertz CT molecular complexity index is 1100. The van der Waals surface area contributed by atoms with Gasteiger partial charge in [0.2, 0.25) is 10.0 Å². The lowest BCUT2D eigenvalue weighted by atomic mass is 9.93. The molecule has 0 saturated carbocycles. The Balaban J connectivity index is 1.57. The molecule has 1 unspecified atom stereocenters. The maximum absolute atomic E-state index is 13.1. The van der Waals surface area contributed by atoms with Crippen LogP contribution in [-0.2, 0) is 15.6 Å². The van der Waals surface area contributed by atoms with Gasteiger partial charge in [-0.3, -0.25) is 14.7 Å². The molecule has 2 aliphatic heterocycles. The van der Waals surface area contributed by atoms with Gasteiger partial charge in [-0.15, -0.1) is 0 Å². The largest absolute Gasteiger partial charge is 0.487 e. The molecule has 1 saturated heterocycles. The van der Waals surface area contributed by atoms with Gasteiger partial charge in [0, 0.05) is 23.2 Å². The molecule has 1 aromatic heterocycles. The van der Waals surface area contributed by atoms with Gasteiger partial charge >= 0.3 is 0 Å². The van der Waals surface area contributed by atoms with Gasteiger partial charge in [0.05, 0.1) is 35.9 Å². The third-order valence-electron chi connectivity index (χ3n) is 5.76. The van der Waals surface area contributed by atoms with Crippen molar-refractivity contribution in [2.24, 2.45) is 0 Å². The molecule has 1 amide bonds. The van der Waals surface area contributed by atoms with E-state index in [2.05, 4.69) is 4.98 Å². The van der Waals surface area contributed by atoms with Gasteiger partial charge in [-0.05, 0) is 51.0 Å². The Morgan fingerprint density at radius 3 is 2.77 bits per heavy atom. The van der Waals surface area contributed by atoms with Gasteiger partial charge in [0.15, 0.2) is 0 Å². The molecule has 2 aromatic rings. The second kappa shape index (κ2) is 7.51. The molecular formula is C21H24ClN3O4S. The molecule has 2 aliphatic rings. The number of sulfonamides is 1. The highest BCUT2D eigenvalue weighted by atomic mass is 35.5. The summed E-state index contributed by atoms with van der Waals surface area (Å²) in [5.41, 5.74) is 1.50. The van der Waals surface area contributed by atoms with Gasteiger partial charge in [0.25, 0.3) is 5.91 Å². The molecule has 1 aromatic carbocycles. The minimum absolute atomic E-state index is 0.0769. The first kappa shape index (κ1) is 21.1. The molecule has 0 bridgehead atoms. The normalized spacial score (nSPS) is 21.1. The van der Waals surface area contributed by atoms with Crippen LogP contribution in [0.25, 0.3) is 0 Å². The van der Waals surface area contributed by atoms with Crippen LogP contribution in [0, 0.1) is 0 Å². The van der Waals surface area contributed by atoms with Crippen LogP contribution in [0.5, 0.6) is 5.75 Å². The summed E-state index contributed by atoms with van der Waals surface area (Å²) in [7, 11) is -3.23. The Morgan fingerprint density at radius 2 is 2.03 bits per heavy atom. The van der Waals surface area contributed by atoms with Crippen molar-refractivity contribution in [1.29, 1.82) is 0 Å². The van der Waals surface area contributed by atoms with E-state index in [9.17, 15) is 13.2 Å². The molecule has 160 valence electrons. The Morgan fingerprint density at radius 1 is 1.27 bits per heavy atom. The monoisotopic (exact) mass is 449 g/mol. The van der Waals surface area contributed by atoms with Gasteiger partial charge in [-0.1, -0.05) is 11.6 Å². The molecule has 0 aliphatic carbocycles. The van der Waals surface area contributed by atoms with Crippen LogP contribution in [-0.4, -0.2) is 48.6 Å². The third kappa shape index (κ3) is 3.57. The van der Waals surface area contributed by atoms with Crippen LogP contribution < -0.4 is 9.64 Å². The van der Waals surface area contributed by atoms with E-state index in [1.54, 1.807) is 42.4 Å². The van der Waals surface area contributed by atoms with E-state index in [1.807, 2.05) is 19.9 Å². The molecule has 7 nitrogen and oxygen atoms in total. The van der Waals surface area contributed by atoms with Crippen molar-refractivity contribution in [1.82, 2.24) is 9.29 Å². The molecule has 0 N–H and O–H groups in total. The van der Waals surface area contributed by atoms with Gasteiger partial charge < -0.3 is 4.74 Å². The number of anilines is 1. The topological polar surface area (TPSA) is 79.8 Å². The average Bonchev–Trinajstić information content (AvgIpc) is 3.24. The van der Waals surface area contributed by atoms with E-state index in [-0.39, 0.29) is 17.8 Å². The van der Waals surface area contributed by atoms with Gasteiger partial charge in [-0.25, -0.2) is 8.42 Å². The van der Waals surface area contributed by atoms with Crippen LogP contribution >= 0.6 is 11.6 Å². The van der Waals surface area contributed by atoms with E-state index in [1.165, 1.54) is 4.31 Å². The number of benzene rings is 1. The highest BCUT2D eigenvalue weighted by Crippen LogP contribution is 2.43. The highest BCUT2D eigenvalue weighted by Gasteiger charge is 2.44. The molecule has 1 fully saturated rings. The summed E-state index contributed by atoms with van der Waals surface area (Å²) < 4.78 is 31.6. The van der Waals surface area contributed by atoms with Crippen molar-refractivity contribution < 1.29 is 17.9 Å². The van der Waals surface area contributed by atoms with Gasteiger partial charge in [-0.2, -0.15) is 4.31 Å². The standard InChI is InChI=1S/C21H24ClN3O4S/c1-4-30(27,28)24-8-7-16(13-24)29-17-10-15(11-23-12-17)25-20(26)18-6-5-14(22)9-19(18)21(25,2)3/h5-6,9-12,16H,4,7-8,13H2,1-3H3. The van der Waals surface area contributed by atoms with E-state index in [4.69, 9.17) is 16.3 Å². The second-order valence-corrected chi connectivity index (χ2v) is 10.7. The van der Waals surface area contributed by atoms with E-state index in [0.717, 1.165) is 5.56 Å². The van der Waals surface area contributed by atoms with Crippen molar-refractivity contribution in [3.05, 3.63) is 52.8 Å². The number of ether oxygens (including phenoxy) is 1. The average molecular weight is 450 g/mol. The first-order valence-corrected chi connectivity index (χ1v) is 11.9. The zero-order valence-corrected chi connectivity index (χ0v) is 18.7. The SMILES string of the molecule is CCS(=O)(=O)N1CCC(Oc2cncc(N3C(=O)c4ccc(Cl)cc4C3(C)C)c2)C1. The van der Waals surface area contributed by atoms with Crippen LogP contribution in [0.1, 0.15) is 43.1 Å². The number of carbonyl (C=O) groups excluding carboxylic acids is 1. The number of amides is 1. The fourth-order valence-electron chi connectivity index (χ4n) is 4.16. The fraction of sp³-hybridized carbons (Fsp3) is 0.429. The summed E-state index contributed by atoms with van der Waals surface area (Å²) >= 11 is 6.16. The van der Waals surface area contributed by atoms with Crippen molar-refractivity contribution in [3.8, 4) is 5.75 Å². The maximum Gasteiger partial charge on any atom is 0.259 e. The number of fused-ring (bicyclic) bond motifs is 1. The number of pyridine rings is 1. The minimum Gasteiger partial charge on any atom is -0.487 e. The van der Waals surface area contributed by atoms with Crippen molar-refractivity contribution in [3.63, 3.8) is 0 Å². The molecule has 4 rings (SSSR count). The lowest BCUT2D eigenvalue weighted by molar-refractivity contribution is 0.0982. The number of halogens is 1. The van der Waals surface area contributed by atoms with Crippen LogP contribution in [0.2, 0.25) is 5.02 Å². The summed E-state index contributed by atoms with van der Waals surface area (Å²) in [5.74, 6) is 0.463. The summed E-state index contributed by atoms with van der Waals surface area (Å²) in [6.07, 6.45) is 3.57. The van der Waals surface area contributed by atoms with Gasteiger partial charge in [0.1, 0.15) is 11.9 Å². The molecule has 0 spiro atoms. The minimum atomic E-state index is -3.23. The smallest absolute Gasteiger partial charge is 0.259 e. The molecular weight excluding hydrogens is 426 g/mol. The highest BCUT2D eigenvalue weighted by molar-refractivity contribution is 7.89. The molecule has 9 heteroatoms. The number of nitrogens with zero attached hydrogens (tertiary/aromatic N) is 3. The third-order valence-corrected chi connectivity index (χ3v) is 7.84. The van der Waals surface area contributed by atoms with E-state index in [0.29, 0.717) is 41.5 Å². The van der Waals surface area contributed by atoms with E-state index >= 15 is 0 Å². The quantitative estimate of drug-likeness (QED) is 0.698. The maximum atomic E-state index is 13.1. The second-order valence-electron chi connectivity index (χ2n) is 8.06. The number of hydrogen-bond acceptors (Lipinski definition) is 5. The van der Waals surface area contributed by atoms with E-state index < -0.39 is 15.6 Å². The Labute approximate surface area is 181 Å². The fourth-order valence-corrected chi connectivity index (χ4v) is 5.47. The summed E-state index contributed by atoms with van der Waals surface area (Å²) in [6.45, 7) is 6.33. The van der Waals surface area contributed by atoms with Crippen molar-refractivity contribution in [2.75, 3.05) is 23.7 Å². The predicted octanol–water partition coefficient (Wildman–Crippen LogP) is 3.43. The first-order valence-electron chi connectivity index (χ1n) is 9.87.